The molecule has 1 aliphatic rings. The van der Waals surface area contributed by atoms with Crippen LogP contribution in [0.1, 0.15) is 22.0 Å². The summed E-state index contributed by atoms with van der Waals surface area (Å²) in [7, 11) is 0. The molecular formula is C15H9FO5. The van der Waals surface area contributed by atoms with Crippen LogP contribution in [0.3, 0.4) is 0 Å². The standard InChI is InChI=1S/C15H9FO5/c16-9-5-7-10(8-6-9)20-21-15(18)13-11-3-1-2-4-12(11)14(17)19-13/h1-8,13H. The minimum Gasteiger partial charge on any atom is -0.442 e. The molecule has 21 heavy (non-hydrogen) atoms. The Labute approximate surface area is 118 Å². The molecule has 106 valence electrons. The van der Waals surface area contributed by atoms with Gasteiger partial charge < -0.3 is 4.74 Å². The summed E-state index contributed by atoms with van der Waals surface area (Å²) in [6.45, 7) is 0. The van der Waals surface area contributed by atoms with E-state index in [0.29, 0.717) is 11.1 Å². The molecule has 0 spiro atoms. The summed E-state index contributed by atoms with van der Waals surface area (Å²) in [5.41, 5.74) is 0.747. The van der Waals surface area contributed by atoms with Gasteiger partial charge in [0.25, 0.3) is 0 Å². The number of rotatable bonds is 3. The van der Waals surface area contributed by atoms with Gasteiger partial charge in [-0.2, -0.15) is 0 Å². The van der Waals surface area contributed by atoms with E-state index in [0.717, 1.165) is 12.1 Å². The second-order valence-electron chi connectivity index (χ2n) is 4.31. The van der Waals surface area contributed by atoms with E-state index in [4.69, 9.17) is 9.62 Å². The summed E-state index contributed by atoms with van der Waals surface area (Å²) in [5.74, 6) is -1.73. The Kier molecular flexibility index (Phi) is 3.27. The first kappa shape index (κ1) is 13.1. The fourth-order valence-electron chi connectivity index (χ4n) is 1.94. The SMILES string of the molecule is O=C1OC(C(=O)OOc2ccc(F)cc2)c2ccccc21. The maximum absolute atomic E-state index is 12.7. The summed E-state index contributed by atoms with van der Waals surface area (Å²) in [5, 5.41) is 0. The van der Waals surface area contributed by atoms with Crippen LogP contribution in [0, 0.1) is 5.82 Å². The lowest BCUT2D eigenvalue weighted by Crippen LogP contribution is -2.17. The summed E-state index contributed by atoms with van der Waals surface area (Å²) >= 11 is 0. The lowest BCUT2D eigenvalue weighted by atomic mass is 10.1. The lowest BCUT2D eigenvalue weighted by molar-refractivity contribution is -0.222. The topological polar surface area (TPSA) is 61.8 Å². The normalized spacial score (nSPS) is 16.0. The molecular weight excluding hydrogens is 279 g/mol. The first-order valence-corrected chi connectivity index (χ1v) is 6.09. The highest BCUT2D eigenvalue weighted by molar-refractivity contribution is 5.98. The Morgan fingerprint density at radius 3 is 2.57 bits per heavy atom. The van der Waals surface area contributed by atoms with Crippen LogP contribution in [-0.4, -0.2) is 11.9 Å². The van der Waals surface area contributed by atoms with Gasteiger partial charge in [-0.15, -0.1) is 0 Å². The molecule has 1 unspecified atom stereocenters. The molecule has 2 aromatic rings. The van der Waals surface area contributed by atoms with Crippen molar-refractivity contribution in [3.63, 3.8) is 0 Å². The molecule has 0 radical (unpaired) electrons. The van der Waals surface area contributed by atoms with Gasteiger partial charge in [0.15, 0.2) is 5.75 Å². The maximum Gasteiger partial charge on any atom is 0.400 e. The van der Waals surface area contributed by atoms with Crippen LogP contribution in [0.5, 0.6) is 5.75 Å². The van der Waals surface area contributed by atoms with Crippen molar-refractivity contribution in [1.29, 1.82) is 0 Å². The van der Waals surface area contributed by atoms with Crippen LogP contribution >= 0.6 is 0 Å². The fraction of sp³-hybridized carbons (Fsp3) is 0.0667. The van der Waals surface area contributed by atoms with Crippen LogP contribution < -0.4 is 4.89 Å². The Balaban J connectivity index is 1.69. The molecule has 1 heterocycles. The second-order valence-corrected chi connectivity index (χ2v) is 4.31. The fourth-order valence-corrected chi connectivity index (χ4v) is 1.94. The first-order valence-electron chi connectivity index (χ1n) is 6.09. The van der Waals surface area contributed by atoms with Crippen molar-refractivity contribution in [2.45, 2.75) is 6.10 Å². The molecule has 0 aliphatic carbocycles. The quantitative estimate of drug-likeness (QED) is 0.493. The Bertz CT molecular complexity index is 695. The molecule has 3 rings (SSSR count). The van der Waals surface area contributed by atoms with E-state index in [9.17, 15) is 14.0 Å². The van der Waals surface area contributed by atoms with Crippen LogP contribution in [-0.2, 0) is 14.4 Å². The second kappa shape index (κ2) is 5.24. The van der Waals surface area contributed by atoms with E-state index in [1.165, 1.54) is 12.1 Å². The number of benzene rings is 2. The molecule has 0 N–H and O–H groups in total. The highest BCUT2D eigenvalue weighted by atomic mass is 19.1. The van der Waals surface area contributed by atoms with Gasteiger partial charge in [-0.3, -0.25) is 4.89 Å². The van der Waals surface area contributed by atoms with Crippen molar-refractivity contribution in [2.75, 3.05) is 0 Å². The predicted molar refractivity (Wildman–Crippen MR) is 67.7 cm³/mol. The van der Waals surface area contributed by atoms with Gasteiger partial charge in [0, 0.05) is 5.56 Å². The lowest BCUT2D eigenvalue weighted by Gasteiger charge is -2.09. The molecule has 2 aromatic carbocycles. The van der Waals surface area contributed by atoms with E-state index in [1.807, 2.05) is 0 Å². The average Bonchev–Trinajstić information content (AvgIpc) is 2.84. The van der Waals surface area contributed by atoms with E-state index < -0.39 is 23.9 Å². The monoisotopic (exact) mass is 288 g/mol. The third-order valence-electron chi connectivity index (χ3n) is 2.94. The Hall–Kier alpha value is -2.89. The molecule has 0 bridgehead atoms. The molecule has 6 heteroatoms. The average molecular weight is 288 g/mol. The highest BCUT2D eigenvalue weighted by Crippen LogP contribution is 2.31. The van der Waals surface area contributed by atoms with Crippen molar-refractivity contribution in [3.05, 3.63) is 65.5 Å². The molecule has 0 saturated carbocycles. The predicted octanol–water partition coefficient (Wildman–Crippen LogP) is 2.57. The zero-order chi connectivity index (χ0) is 14.8. The van der Waals surface area contributed by atoms with Crippen molar-refractivity contribution in [3.8, 4) is 5.75 Å². The highest BCUT2D eigenvalue weighted by Gasteiger charge is 2.38. The minimum atomic E-state index is -1.16. The molecule has 1 aliphatic heterocycles. The van der Waals surface area contributed by atoms with Gasteiger partial charge in [-0.1, -0.05) is 18.2 Å². The van der Waals surface area contributed by atoms with Crippen LogP contribution in [0.15, 0.2) is 48.5 Å². The van der Waals surface area contributed by atoms with Gasteiger partial charge in [0.05, 0.1) is 5.56 Å². The molecule has 1 atom stereocenters. The zero-order valence-corrected chi connectivity index (χ0v) is 10.6. The molecule has 0 saturated heterocycles. The number of hydrogen-bond acceptors (Lipinski definition) is 5. The number of carbonyl (C=O) groups is 2. The van der Waals surface area contributed by atoms with Gasteiger partial charge in [0.1, 0.15) is 5.82 Å². The summed E-state index contributed by atoms with van der Waals surface area (Å²) in [4.78, 5) is 32.9. The molecule has 0 amide bonds. The van der Waals surface area contributed by atoms with Crippen LogP contribution in [0.25, 0.3) is 0 Å². The number of fused-ring (bicyclic) bond motifs is 1. The third kappa shape index (κ3) is 2.55. The van der Waals surface area contributed by atoms with E-state index in [-0.39, 0.29) is 5.75 Å². The van der Waals surface area contributed by atoms with Crippen molar-refractivity contribution >= 4 is 11.9 Å². The van der Waals surface area contributed by atoms with Gasteiger partial charge in [-0.25, -0.2) is 18.9 Å². The third-order valence-corrected chi connectivity index (χ3v) is 2.94. The molecule has 0 fully saturated rings. The van der Waals surface area contributed by atoms with Crippen LogP contribution in [0.2, 0.25) is 0 Å². The number of carbonyl (C=O) groups excluding carboxylic acids is 2. The number of cyclic esters (lactones) is 1. The van der Waals surface area contributed by atoms with E-state index in [2.05, 4.69) is 4.89 Å². The number of hydrogen-bond donors (Lipinski definition) is 0. The smallest absolute Gasteiger partial charge is 0.400 e. The largest absolute Gasteiger partial charge is 0.442 e. The van der Waals surface area contributed by atoms with Crippen molar-refractivity contribution in [2.24, 2.45) is 0 Å². The minimum absolute atomic E-state index is 0.155. The van der Waals surface area contributed by atoms with E-state index >= 15 is 0 Å². The first-order chi connectivity index (χ1) is 10.1. The van der Waals surface area contributed by atoms with Crippen molar-refractivity contribution < 1.29 is 28.5 Å². The summed E-state index contributed by atoms with van der Waals surface area (Å²) in [6, 6.07) is 11.4. The van der Waals surface area contributed by atoms with E-state index in [1.54, 1.807) is 24.3 Å². The molecule has 0 aromatic heterocycles. The Morgan fingerprint density at radius 1 is 1.10 bits per heavy atom. The number of esters is 1. The number of halogens is 1. The van der Waals surface area contributed by atoms with Gasteiger partial charge in [-0.05, 0) is 30.3 Å². The van der Waals surface area contributed by atoms with Gasteiger partial charge in [0.2, 0.25) is 6.10 Å². The number of ether oxygens (including phenoxy) is 1. The summed E-state index contributed by atoms with van der Waals surface area (Å²) < 4.78 is 17.7. The zero-order valence-electron chi connectivity index (χ0n) is 10.6. The van der Waals surface area contributed by atoms with Crippen LogP contribution in [0.4, 0.5) is 4.39 Å². The Morgan fingerprint density at radius 2 is 1.81 bits per heavy atom. The maximum atomic E-state index is 12.7. The van der Waals surface area contributed by atoms with Crippen molar-refractivity contribution in [1.82, 2.24) is 0 Å². The molecule has 5 nitrogen and oxygen atoms in total. The van der Waals surface area contributed by atoms with Gasteiger partial charge >= 0.3 is 11.9 Å². The summed E-state index contributed by atoms with van der Waals surface area (Å²) in [6.07, 6.45) is -1.16.